The second-order valence-corrected chi connectivity index (χ2v) is 2.82. The second-order valence-electron chi connectivity index (χ2n) is 2.82. The van der Waals surface area contributed by atoms with Gasteiger partial charge in [-0.05, 0) is 18.2 Å². The summed E-state index contributed by atoms with van der Waals surface area (Å²) in [6, 6.07) is 6.80. The van der Waals surface area contributed by atoms with Crippen molar-refractivity contribution in [3.8, 4) is 11.5 Å². The fraction of sp³-hybridized carbons (Fsp3) is 0.100. The van der Waals surface area contributed by atoms with Crippen LogP contribution >= 0.6 is 0 Å². The van der Waals surface area contributed by atoms with E-state index >= 15 is 0 Å². The van der Waals surface area contributed by atoms with Crippen molar-refractivity contribution in [2.75, 3.05) is 7.11 Å². The first-order valence-electron chi connectivity index (χ1n) is 4.26. The Labute approximate surface area is 85.7 Å². The van der Waals surface area contributed by atoms with Crippen molar-refractivity contribution in [1.29, 1.82) is 0 Å². The molecule has 0 N–H and O–H groups in total. The highest BCUT2D eigenvalue weighted by Gasteiger charge is 2.09. The average molecular weight is 204 g/mol. The van der Waals surface area contributed by atoms with Crippen LogP contribution in [0, 0.1) is 0 Å². The van der Waals surface area contributed by atoms with E-state index in [-0.39, 0.29) is 0 Å². The number of carbonyl (C=O) groups is 1. The van der Waals surface area contributed by atoms with Gasteiger partial charge in [-0.25, -0.2) is 4.79 Å². The fourth-order valence-electron chi connectivity index (χ4n) is 1.20. The first-order valence-corrected chi connectivity index (χ1v) is 4.26. The third kappa shape index (κ3) is 1.85. The quantitative estimate of drug-likeness (QED) is 0.694. The first-order chi connectivity index (χ1) is 7.31. The van der Waals surface area contributed by atoms with Crippen LogP contribution in [0.15, 0.2) is 35.1 Å². The second kappa shape index (κ2) is 3.91. The van der Waals surface area contributed by atoms with E-state index < -0.39 is 5.97 Å². The van der Waals surface area contributed by atoms with Crippen LogP contribution in [-0.4, -0.2) is 23.2 Å². The highest BCUT2D eigenvalue weighted by Crippen LogP contribution is 2.17. The average Bonchev–Trinajstić information content (AvgIpc) is 2.82. The number of hydrogen-bond acceptors (Lipinski definition) is 5. The number of carbonyl (C=O) groups excluding carboxylic acids is 1. The molecule has 15 heavy (non-hydrogen) atoms. The van der Waals surface area contributed by atoms with Gasteiger partial charge in [0.25, 0.3) is 5.89 Å². The summed E-state index contributed by atoms with van der Waals surface area (Å²) in [5, 5.41) is 3.49. The lowest BCUT2D eigenvalue weighted by atomic mass is 10.1. The van der Waals surface area contributed by atoms with Crippen molar-refractivity contribution in [3.05, 3.63) is 36.2 Å². The smallest absolute Gasteiger partial charge is 0.337 e. The molecule has 0 aliphatic carbocycles. The summed E-state index contributed by atoms with van der Waals surface area (Å²) in [5.41, 5.74) is 1.14. The lowest BCUT2D eigenvalue weighted by molar-refractivity contribution is 0.0601. The minimum atomic E-state index is -0.392. The van der Waals surface area contributed by atoms with Crippen LogP contribution in [0.5, 0.6) is 0 Å². The summed E-state index contributed by atoms with van der Waals surface area (Å²) in [4.78, 5) is 15.1. The van der Waals surface area contributed by atoms with E-state index in [1.807, 2.05) is 0 Å². The number of benzene rings is 1. The molecule has 2 aromatic rings. The van der Waals surface area contributed by atoms with Gasteiger partial charge in [0.2, 0.25) is 0 Å². The van der Waals surface area contributed by atoms with Gasteiger partial charge < -0.3 is 9.26 Å². The summed E-state index contributed by atoms with van der Waals surface area (Å²) in [6.45, 7) is 0. The molecule has 0 saturated carbocycles. The molecule has 0 saturated heterocycles. The zero-order valence-corrected chi connectivity index (χ0v) is 8.01. The van der Waals surface area contributed by atoms with Crippen molar-refractivity contribution >= 4 is 5.97 Å². The summed E-state index contributed by atoms with van der Waals surface area (Å²) < 4.78 is 9.48. The monoisotopic (exact) mass is 204 g/mol. The molecular formula is C10H8N2O3. The molecule has 0 radical (unpaired) electrons. The molecule has 5 heteroatoms. The Morgan fingerprint density at radius 2 is 2.33 bits per heavy atom. The van der Waals surface area contributed by atoms with Crippen molar-refractivity contribution in [2.45, 2.75) is 0 Å². The van der Waals surface area contributed by atoms with Crippen LogP contribution in [-0.2, 0) is 4.74 Å². The number of esters is 1. The molecule has 0 atom stereocenters. The lowest BCUT2D eigenvalue weighted by Crippen LogP contribution is -2.00. The summed E-state index contributed by atoms with van der Waals surface area (Å²) >= 11 is 0. The molecule has 0 aliphatic rings. The van der Waals surface area contributed by atoms with E-state index in [9.17, 15) is 4.79 Å². The maximum atomic E-state index is 11.2. The van der Waals surface area contributed by atoms with Crippen molar-refractivity contribution in [3.63, 3.8) is 0 Å². The lowest BCUT2D eigenvalue weighted by Gasteiger charge is -1.99. The maximum Gasteiger partial charge on any atom is 0.337 e. The molecule has 2 rings (SSSR count). The normalized spacial score (nSPS) is 9.93. The number of nitrogens with zero attached hydrogens (tertiary/aromatic N) is 2. The van der Waals surface area contributed by atoms with Gasteiger partial charge in [-0.2, -0.15) is 4.98 Å². The summed E-state index contributed by atoms with van der Waals surface area (Å²) in [7, 11) is 1.34. The number of ether oxygens (including phenoxy) is 1. The molecule has 1 aromatic heterocycles. The Bertz CT molecular complexity index is 465. The van der Waals surface area contributed by atoms with Gasteiger partial charge >= 0.3 is 5.97 Å². The number of rotatable bonds is 2. The Kier molecular flexibility index (Phi) is 2.45. The first kappa shape index (κ1) is 9.39. The SMILES string of the molecule is COC(=O)c1cccc(-c2ncno2)c1. The number of methoxy groups -OCH3 is 1. The van der Waals surface area contributed by atoms with E-state index in [4.69, 9.17) is 4.52 Å². The molecule has 1 heterocycles. The Morgan fingerprint density at radius 3 is 3.00 bits per heavy atom. The Balaban J connectivity index is 2.39. The van der Waals surface area contributed by atoms with Gasteiger partial charge in [-0.3, -0.25) is 0 Å². The highest BCUT2D eigenvalue weighted by atomic mass is 16.5. The molecular weight excluding hydrogens is 196 g/mol. The van der Waals surface area contributed by atoms with Crippen LogP contribution < -0.4 is 0 Å². The molecule has 5 nitrogen and oxygen atoms in total. The predicted molar refractivity (Wildman–Crippen MR) is 51.1 cm³/mol. The van der Waals surface area contributed by atoms with E-state index in [1.54, 1.807) is 24.3 Å². The molecule has 0 bridgehead atoms. The fourth-order valence-corrected chi connectivity index (χ4v) is 1.20. The largest absolute Gasteiger partial charge is 0.465 e. The van der Waals surface area contributed by atoms with E-state index in [1.165, 1.54) is 13.4 Å². The van der Waals surface area contributed by atoms with Gasteiger partial charge in [0.15, 0.2) is 6.33 Å². The van der Waals surface area contributed by atoms with Gasteiger partial charge in [-0.15, -0.1) is 0 Å². The van der Waals surface area contributed by atoms with Gasteiger partial charge in [0, 0.05) is 5.56 Å². The highest BCUT2D eigenvalue weighted by molar-refractivity contribution is 5.90. The van der Waals surface area contributed by atoms with E-state index in [2.05, 4.69) is 14.9 Å². The molecule has 0 unspecified atom stereocenters. The number of aromatic nitrogens is 2. The van der Waals surface area contributed by atoms with Crippen molar-refractivity contribution in [1.82, 2.24) is 10.1 Å². The van der Waals surface area contributed by atoms with Crippen molar-refractivity contribution in [2.24, 2.45) is 0 Å². The van der Waals surface area contributed by atoms with Gasteiger partial charge in [0.05, 0.1) is 12.7 Å². The molecule has 0 aliphatic heterocycles. The van der Waals surface area contributed by atoms with E-state index in [0.29, 0.717) is 17.0 Å². The van der Waals surface area contributed by atoms with Crippen LogP contribution in [0.2, 0.25) is 0 Å². The van der Waals surface area contributed by atoms with Gasteiger partial charge in [-0.1, -0.05) is 11.2 Å². The zero-order chi connectivity index (χ0) is 10.7. The van der Waals surface area contributed by atoms with Crippen LogP contribution in [0.3, 0.4) is 0 Å². The Hall–Kier alpha value is -2.17. The van der Waals surface area contributed by atoms with Gasteiger partial charge in [0.1, 0.15) is 0 Å². The van der Waals surface area contributed by atoms with Crippen LogP contribution in [0.1, 0.15) is 10.4 Å². The zero-order valence-electron chi connectivity index (χ0n) is 8.01. The third-order valence-corrected chi connectivity index (χ3v) is 1.89. The van der Waals surface area contributed by atoms with Crippen LogP contribution in [0.25, 0.3) is 11.5 Å². The molecule has 76 valence electrons. The molecule has 1 aromatic carbocycles. The van der Waals surface area contributed by atoms with E-state index in [0.717, 1.165) is 0 Å². The third-order valence-electron chi connectivity index (χ3n) is 1.89. The predicted octanol–water partition coefficient (Wildman–Crippen LogP) is 1.52. The number of hydrogen-bond donors (Lipinski definition) is 0. The topological polar surface area (TPSA) is 65.2 Å². The standard InChI is InChI=1S/C10H8N2O3/c1-14-10(13)8-4-2-3-7(5-8)9-11-6-12-15-9/h2-6H,1H3. The van der Waals surface area contributed by atoms with Crippen LogP contribution in [0.4, 0.5) is 0 Å². The molecule has 0 amide bonds. The molecule has 0 spiro atoms. The minimum absolute atomic E-state index is 0.376. The Morgan fingerprint density at radius 1 is 1.47 bits per heavy atom. The van der Waals surface area contributed by atoms with Crippen molar-refractivity contribution < 1.29 is 14.1 Å². The summed E-state index contributed by atoms with van der Waals surface area (Å²) in [6.07, 6.45) is 1.31. The summed E-state index contributed by atoms with van der Waals surface area (Å²) in [5.74, 6) is -0.0166. The maximum absolute atomic E-state index is 11.2. The molecule has 0 fully saturated rings. The minimum Gasteiger partial charge on any atom is -0.465 e.